The second kappa shape index (κ2) is 7.33. The van der Waals surface area contributed by atoms with Gasteiger partial charge in [-0.25, -0.2) is 10.4 Å². The summed E-state index contributed by atoms with van der Waals surface area (Å²) in [6.45, 7) is 1.97. The summed E-state index contributed by atoms with van der Waals surface area (Å²) >= 11 is 0. The number of rotatable bonds is 3. The first-order chi connectivity index (χ1) is 14.7. The third kappa shape index (κ3) is 3.35. The number of para-hydroxylation sites is 3. The van der Waals surface area contributed by atoms with Crippen LogP contribution in [-0.2, 0) is 0 Å². The van der Waals surface area contributed by atoms with Crippen LogP contribution >= 0.6 is 0 Å². The maximum Gasteiger partial charge on any atom is 0.271 e. The number of aromatic amines is 1. The summed E-state index contributed by atoms with van der Waals surface area (Å²) in [6, 6.07) is 24.7. The highest BCUT2D eigenvalue weighted by molar-refractivity contribution is 5.94. The van der Waals surface area contributed by atoms with Crippen molar-refractivity contribution in [1.29, 1.82) is 0 Å². The van der Waals surface area contributed by atoms with E-state index in [4.69, 9.17) is 4.42 Å². The van der Waals surface area contributed by atoms with Gasteiger partial charge in [-0.15, -0.1) is 5.10 Å². The zero-order chi connectivity index (χ0) is 20.5. The predicted molar refractivity (Wildman–Crippen MR) is 116 cm³/mol. The summed E-state index contributed by atoms with van der Waals surface area (Å²) in [5.74, 6) is 0.308. The molecule has 0 fully saturated rings. The number of aromatic nitrogens is 2. The summed E-state index contributed by atoms with van der Waals surface area (Å²) in [4.78, 5) is 20.5. The van der Waals surface area contributed by atoms with Gasteiger partial charge in [0.25, 0.3) is 5.91 Å². The zero-order valence-corrected chi connectivity index (χ0v) is 16.2. The molecule has 5 aromatic rings. The van der Waals surface area contributed by atoms with Crippen molar-refractivity contribution in [2.24, 2.45) is 5.10 Å². The van der Waals surface area contributed by atoms with Crippen molar-refractivity contribution in [3.63, 3.8) is 0 Å². The predicted octanol–water partition coefficient (Wildman–Crippen LogP) is 4.53. The van der Waals surface area contributed by atoms with E-state index in [0.717, 1.165) is 22.0 Å². The Labute approximate surface area is 171 Å². The van der Waals surface area contributed by atoms with E-state index in [9.17, 15) is 4.79 Å². The van der Waals surface area contributed by atoms with E-state index in [2.05, 4.69) is 20.5 Å². The summed E-state index contributed by atoms with van der Waals surface area (Å²) in [7, 11) is 0. The molecular weight excluding hydrogens is 376 g/mol. The summed E-state index contributed by atoms with van der Waals surface area (Å²) < 4.78 is 6.01. The molecule has 0 saturated carbocycles. The first-order valence-electron chi connectivity index (χ1n) is 9.56. The number of fused-ring (bicyclic) bond motifs is 2. The molecule has 0 radical (unpaired) electrons. The highest BCUT2D eigenvalue weighted by Crippen LogP contribution is 2.21. The Balaban J connectivity index is 1.62. The van der Waals surface area contributed by atoms with E-state index in [1.54, 1.807) is 12.1 Å². The molecule has 2 aromatic heterocycles. The molecule has 0 aliphatic carbocycles. The molecule has 0 bridgehead atoms. The van der Waals surface area contributed by atoms with Crippen LogP contribution in [0.5, 0.6) is 0 Å². The van der Waals surface area contributed by atoms with Gasteiger partial charge in [0, 0.05) is 10.9 Å². The number of benzene rings is 3. The molecule has 0 unspecified atom stereocenters. The molecule has 3 aromatic carbocycles. The summed E-state index contributed by atoms with van der Waals surface area (Å²) in [5.41, 5.74) is 7.56. The molecule has 0 atom stereocenters. The number of nitrogens with zero attached hydrogens (tertiary/aromatic N) is 2. The number of hydrogen-bond acceptors (Lipinski definition) is 4. The fourth-order valence-corrected chi connectivity index (χ4v) is 3.27. The maximum atomic E-state index is 12.5. The second-order valence-corrected chi connectivity index (χ2v) is 7.02. The lowest BCUT2D eigenvalue weighted by Gasteiger charge is -2.04. The highest BCUT2D eigenvalue weighted by Gasteiger charge is 2.12. The van der Waals surface area contributed by atoms with Crippen molar-refractivity contribution in [2.45, 2.75) is 6.92 Å². The highest BCUT2D eigenvalue weighted by atomic mass is 16.3. The Morgan fingerprint density at radius 1 is 1.00 bits per heavy atom. The molecule has 1 amide bonds. The lowest BCUT2D eigenvalue weighted by Crippen LogP contribution is -2.22. The van der Waals surface area contributed by atoms with Gasteiger partial charge in [0.05, 0.1) is 16.6 Å². The topological polar surface area (TPSA) is 83.3 Å². The van der Waals surface area contributed by atoms with E-state index in [-0.39, 0.29) is 11.5 Å². The van der Waals surface area contributed by atoms with Gasteiger partial charge in [-0.2, -0.15) is 0 Å². The van der Waals surface area contributed by atoms with Crippen molar-refractivity contribution in [2.75, 3.05) is 0 Å². The average Bonchev–Trinajstić information content (AvgIpc) is 3.21. The Bertz CT molecular complexity index is 1410. The molecular formula is C24H18N4O2. The van der Waals surface area contributed by atoms with E-state index in [1.165, 1.54) is 0 Å². The molecule has 2 heterocycles. The lowest BCUT2D eigenvalue weighted by molar-refractivity contribution is 0.0951. The van der Waals surface area contributed by atoms with E-state index >= 15 is 0 Å². The van der Waals surface area contributed by atoms with Gasteiger partial charge in [0.2, 0.25) is 5.55 Å². The number of amides is 1. The second-order valence-electron chi connectivity index (χ2n) is 7.02. The Morgan fingerprint density at radius 2 is 1.77 bits per heavy atom. The van der Waals surface area contributed by atoms with Gasteiger partial charge in [-0.05, 0) is 43.3 Å². The van der Waals surface area contributed by atoms with Gasteiger partial charge in [-0.1, -0.05) is 48.0 Å². The molecule has 6 heteroatoms. The van der Waals surface area contributed by atoms with Crippen molar-refractivity contribution < 1.29 is 9.21 Å². The first-order valence-corrected chi connectivity index (χ1v) is 9.56. The first kappa shape index (κ1) is 17.9. The maximum absolute atomic E-state index is 12.5. The minimum absolute atomic E-state index is 0.271. The monoisotopic (exact) mass is 394 g/mol. The van der Waals surface area contributed by atoms with Crippen LogP contribution in [0.15, 0.2) is 88.4 Å². The Morgan fingerprint density at radius 3 is 2.60 bits per heavy atom. The van der Waals surface area contributed by atoms with Crippen molar-refractivity contribution >= 4 is 27.9 Å². The van der Waals surface area contributed by atoms with Crippen LogP contribution in [0.3, 0.4) is 0 Å². The molecule has 2 N–H and O–H groups in total. The third-order valence-corrected chi connectivity index (χ3v) is 4.87. The number of carbonyl (C=O) groups excluding carboxylic acids is 1. The number of H-pyrrole nitrogens is 1. The molecule has 6 nitrogen and oxygen atoms in total. The summed E-state index contributed by atoms with van der Waals surface area (Å²) in [5, 5.41) is 5.19. The molecule has 0 aliphatic heterocycles. The normalized spacial score (nSPS) is 11.8. The lowest BCUT2D eigenvalue weighted by atomic mass is 10.1. The number of carbonyl (C=O) groups is 1. The molecule has 0 saturated heterocycles. The van der Waals surface area contributed by atoms with Gasteiger partial charge in [0.1, 0.15) is 11.4 Å². The van der Waals surface area contributed by atoms with Crippen LogP contribution in [0.4, 0.5) is 0 Å². The summed E-state index contributed by atoms with van der Waals surface area (Å²) in [6.07, 6.45) is 0. The molecule has 0 aliphatic rings. The van der Waals surface area contributed by atoms with Crippen LogP contribution in [0, 0.1) is 6.92 Å². The van der Waals surface area contributed by atoms with Crippen LogP contribution in [0.1, 0.15) is 15.9 Å². The molecule has 146 valence electrons. The van der Waals surface area contributed by atoms with Crippen LogP contribution < -0.4 is 11.0 Å². The molecule has 0 spiro atoms. The Hall–Kier alpha value is -4.19. The number of hydrogen-bond donors (Lipinski definition) is 2. The van der Waals surface area contributed by atoms with Crippen molar-refractivity contribution in [3.05, 3.63) is 95.5 Å². The average molecular weight is 394 g/mol. The van der Waals surface area contributed by atoms with Crippen molar-refractivity contribution in [3.8, 4) is 11.4 Å². The van der Waals surface area contributed by atoms with E-state index in [1.807, 2.05) is 73.7 Å². The van der Waals surface area contributed by atoms with Gasteiger partial charge < -0.3 is 9.40 Å². The SMILES string of the molecule is Cc1ccc(C(=O)NN=c2oc3ccccc3cc2-c2nc3ccccc3[nH]2)cc1. The minimum Gasteiger partial charge on any atom is -0.436 e. The number of imidazole rings is 1. The fourth-order valence-electron chi connectivity index (χ4n) is 3.27. The third-order valence-electron chi connectivity index (χ3n) is 4.87. The van der Waals surface area contributed by atoms with Crippen LogP contribution in [0.25, 0.3) is 33.4 Å². The van der Waals surface area contributed by atoms with E-state index in [0.29, 0.717) is 22.5 Å². The van der Waals surface area contributed by atoms with Crippen molar-refractivity contribution in [1.82, 2.24) is 15.4 Å². The van der Waals surface area contributed by atoms with Gasteiger partial charge >= 0.3 is 0 Å². The van der Waals surface area contributed by atoms with Crippen LogP contribution in [0.2, 0.25) is 0 Å². The minimum atomic E-state index is -0.311. The zero-order valence-electron chi connectivity index (χ0n) is 16.2. The van der Waals surface area contributed by atoms with Crippen LogP contribution in [-0.4, -0.2) is 15.9 Å². The largest absolute Gasteiger partial charge is 0.436 e. The van der Waals surface area contributed by atoms with Gasteiger partial charge in [0.15, 0.2) is 0 Å². The fraction of sp³-hybridized carbons (Fsp3) is 0.0417. The quantitative estimate of drug-likeness (QED) is 0.441. The number of nitrogens with one attached hydrogen (secondary N) is 2. The molecule has 5 rings (SSSR count). The van der Waals surface area contributed by atoms with Gasteiger partial charge in [-0.3, -0.25) is 4.79 Å². The number of aryl methyl sites for hydroxylation is 1. The van der Waals surface area contributed by atoms with E-state index < -0.39 is 0 Å². The molecule has 30 heavy (non-hydrogen) atoms. The Kier molecular flexibility index (Phi) is 4.37. The standard InChI is InChI=1S/C24H18N4O2/c1-15-10-12-16(13-11-15)23(29)27-28-24-18(14-17-6-2-5-9-21(17)30-24)22-25-19-7-3-4-8-20(19)26-22/h2-14H,1H3,(H,25,26)(H,27,29). The smallest absolute Gasteiger partial charge is 0.271 e.